The summed E-state index contributed by atoms with van der Waals surface area (Å²) in [6, 6.07) is 15.5. The van der Waals surface area contributed by atoms with Crippen LogP contribution in [0.1, 0.15) is 36.3 Å². The van der Waals surface area contributed by atoms with Crippen LogP contribution in [0.3, 0.4) is 0 Å². The lowest BCUT2D eigenvalue weighted by molar-refractivity contribution is -0.118. The zero-order valence-corrected chi connectivity index (χ0v) is 14.0. The van der Waals surface area contributed by atoms with Gasteiger partial charge in [0.15, 0.2) is 0 Å². The van der Waals surface area contributed by atoms with E-state index in [4.69, 9.17) is 10.5 Å². The Morgan fingerprint density at radius 2 is 1.88 bits per heavy atom. The smallest absolute Gasteiger partial charge is 0.224 e. The molecule has 2 aromatic rings. The molecule has 3 rings (SSSR count). The molecule has 0 fully saturated rings. The van der Waals surface area contributed by atoms with Crippen molar-refractivity contribution in [3.8, 4) is 5.75 Å². The van der Waals surface area contributed by atoms with E-state index in [1.165, 1.54) is 11.1 Å². The van der Waals surface area contributed by atoms with Crippen LogP contribution in [-0.4, -0.2) is 18.4 Å². The first kappa shape index (κ1) is 17.0. The Balaban J connectivity index is 1.51. The first-order valence-corrected chi connectivity index (χ1v) is 8.50. The highest BCUT2D eigenvalue weighted by Crippen LogP contribution is 2.35. The van der Waals surface area contributed by atoms with E-state index in [1.807, 2.05) is 12.1 Å². The molecule has 2 amide bonds. The van der Waals surface area contributed by atoms with Crippen molar-refractivity contribution in [2.75, 3.05) is 11.9 Å². The lowest BCUT2D eigenvalue weighted by Gasteiger charge is -2.12. The first-order valence-electron chi connectivity index (χ1n) is 8.50. The first-order chi connectivity index (χ1) is 12.1. The summed E-state index contributed by atoms with van der Waals surface area (Å²) in [6.07, 6.45) is 2.75. The van der Waals surface area contributed by atoms with Crippen LogP contribution in [0.4, 0.5) is 5.69 Å². The number of benzene rings is 2. The number of fused-ring (bicyclic) bond motifs is 1. The average molecular weight is 338 g/mol. The molecule has 0 radical (unpaired) electrons. The van der Waals surface area contributed by atoms with E-state index in [2.05, 4.69) is 17.4 Å². The van der Waals surface area contributed by atoms with Crippen LogP contribution in [0.2, 0.25) is 0 Å². The second-order valence-electron chi connectivity index (χ2n) is 6.28. The third-order valence-corrected chi connectivity index (χ3v) is 4.44. The highest BCUT2D eigenvalue weighted by molar-refractivity contribution is 5.91. The Labute approximate surface area is 147 Å². The van der Waals surface area contributed by atoms with E-state index in [9.17, 15) is 9.59 Å². The summed E-state index contributed by atoms with van der Waals surface area (Å²) in [6.45, 7) is 0.252. The average Bonchev–Trinajstić information content (AvgIpc) is 2.99. The quantitative estimate of drug-likeness (QED) is 0.814. The molecule has 0 heterocycles. The fraction of sp³-hybridized carbons (Fsp3) is 0.300. The number of carbonyl (C=O) groups excluding carboxylic acids is 2. The number of amides is 2. The molecular formula is C20H22N2O3. The van der Waals surface area contributed by atoms with Gasteiger partial charge in [0.1, 0.15) is 5.75 Å². The van der Waals surface area contributed by atoms with Gasteiger partial charge in [-0.2, -0.15) is 0 Å². The fourth-order valence-electron chi connectivity index (χ4n) is 3.20. The number of nitrogens with two attached hydrogens (primary N) is 1. The molecule has 0 aromatic heterocycles. The van der Waals surface area contributed by atoms with Crippen LogP contribution in [0.5, 0.6) is 5.75 Å². The van der Waals surface area contributed by atoms with Gasteiger partial charge >= 0.3 is 0 Å². The topological polar surface area (TPSA) is 81.4 Å². The highest BCUT2D eigenvalue weighted by atomic mass is 16.5. The molecular weight excluding hydrogens is 316 g/mol. The number of aryl methyl sites for hydroxylation is 1. The third-order valence-electron chi connectivity index (χ3n) is 4.44. The summed E-state index contributed by atoms with van der Waals surface area (Å²) in [4.78, 5) is 23.0. The van der Waals surface area contributed by atoms with E-state index in [1.54, 1.807) is 24.3 Å². The van der Waals surface area contributed by atoms with Gasteiger partial charge in [0.25, 0.3) is 0 Å². The minimum absolute atomic E-state index is 0.0177. The van der Waals surface area contributed by atoms with Crippen LogP contribution in [0, 0.1) is 0 Å². The molecule has 1 aliphatic carbocycles. The van der Waals surface area contributed by atoms with Gasteiger partial charge in [-0.25, -0.2) is 0 Å². The molecule has 5 heteroatoms. The summed E-state index contributed by atoms with van der Waals surface area (Å²) in [7, 11) is 0. The van der Waals surface area contributed by atoms with Crippen molar-refractivity contribution in [1.29, 1.82) is 0 Å². The maximum atomic E-state index is 12.3. The molecule has 25 heavy (non-hydrogen) atoms. The fourth-order valence-corrected chi connectivity index (χ4v) is 3.20. The van der Waals surface area contributed by atoms with Crippen LogP contribution < -0.4 is 15.8 Å². The second-order valence-corrected chi connectivity index (χ2v) is 6.28. The molecule has 130 valence electrons. The molecule has 1 aliphatic rings. The van der Waals surface area contributed by atoms with Gasteiger partial charge < -0.3 is 15.8 Å². The molecule has 3 N–H and O–H groups in total. The maximum Gasteiger partial charge on any atom is 0.224 e. The number of hydrogen-bond donors (Lipinski definition) is 2. The molecule has 0 unspecified atom stereocenters. The molecule has 0 bridgehead atoms. The molecule has 0 saturated heterocycles. The van der Waals surface area contributed by atoms with Crippen LogP contribution in [0.15, 0.2) is 48.5 Å². The van der Waals surface area contributed by atoms with Crippen molar-refractivity contribution < 1.29 is 14.3 Å². The van der Waals surface area contributed by atoms with Crippen molar-refractivity contribution in [2.24, 2.45) is 5.73 Å². The predicted molar refractivity (Wildman–Crippen MR) is 96.5 cm³/mol. The van der Waals surface area contributed by atoms with Crippen molar-refractivity contribution in [1.82, 2.24) is 0 Å². The summed E-state index contributed by atoms with van der Waals surface area (Å²) in [5.41, 5.74) is 8.46. The van der Waals surface area contributed by atoms with E-state index < -0.39 is 5.91 Å². The van der Waals surface area contributed by atoms with Gasteiger partial charge in [0.2, 0.25) is 11.8 Å². The molecule has 0 saturated carbocycles. The zero-order valence-electron chi connectivity index (χ0n) is 14.0. The Kier molecular flexibility index (Phi) is 5.33. The lowest BCUT2D eigenvalue weighted by Crippen LogP contribution is -2.15. The standard InChI is InChI=1S/C20H22N2O3/c21-19(23)11-12-25-17-9-7-16(8-10-17)22-20(24)13-15-6-5-14-3-1-2-4-18(14)15/h1-4,7-10,15H,5-6,11-13H2,(H2,21,23)(H,22,24)/t15-/m1/s1. The van der Waals surface area contributed by atoms with Crippen molar-refractivity contribution in [3.05, 3.63) is 59.7 Å². The summed E-state index contributed by atoms with van der Waals surface area (Å²) in [5.74, 6) is 0.568. The number of rotatable bonds is 7. The number of anilines is 1. The SMILES string of the molecule is NC(=O)CCOc1ccc(NC(=O)C[C@H]2CCc3ccccc32)cc1. The van der Waals surface area contributed by atoms with Crippen LogP contribution in [0.25, 0.3) is 0 Å². The van der Waals surface area contributed by atoms with E-state index in [0.29, 0.717) is 18.1 Å². The van der Waals surface area contributed by atoms with Crippen molar-refractivity contribution in [3.63, 3.8) is 0 Å². The number of ether oxygens (including phenoxy) is 1. The number of carbonyl (C=O) groups is 2. The van der Waals surface area contributed by atoms with Crippen LogP contribution >= 0.6 is 0 Å². The maximum absolute atomic E-state index is 12.3. The number of nitrogens with one attached hydrogen (secondary N) is 1. The van der Waals surface area contributed by atoms with Gasteiger partial charge in [0, 0.05) is 12.1 Å². The largest absolute Gasteiger partial charge is 0.493 e. The van der Waals surface area contributed by atoms with Crippen molar-refractivity contribution >= 4 is 17.5 Å². The minimum Gasteiger partial charge on any atom is -0.493 e. The summed E-state index contributed by atoms with van der Waals surface area (Å²) >= 11 is 0. The normalized spacial score (nSPS) is 15.4. The van der Waals surface area contributed by atoms with Gasteiger partial charge in [-0.05, 0) is 54.2 Å². The van der Waals surface area contributed by atoms with E-state index >= 15 is 0 Å². The summed E-state index contributed by atoms with van der Waals surface area (Å²) in [5, 5.41) is 2.93. The minimum atomic E-state index is -0.391. The highest BCUT2D eigenvalue weighted by Gasteiger charge is 2.24. The second kappa shape index (κ2) is 7.83. The zero-order chi connectivity index (χ0) is 17.6. The molecule has 2 aromatic carbocycles. The third kappa shape index (κ3) is 4.59. The Morgan fingerprint density at radius 3 is 2.64 bits per heavy atom. The van der Waals surface area contributed by atoms with Gasteiger partial charge in [-0.1, -0.05) is 24.3 Å². The number of hydrogen-bond acceptors (Lipinski definition) is 3. The monoisotopic (exact) mass is 338 g/mol. The van der Waals surface area contributed by atoms with Gasteiger partial charge in [-0.3, -0.25) is 9.59 Å². The van der Waals surface area contributed by atoms with Gasteiger partial charge in [0.05, 0.1) is 13.0 Å². The Bertz CT molecular complexity index is 756. The molecule has 1 atom stereocenters. The molecule has 0 aliphatic heterocycles. The van der Waals surface area contributed by atoms with E-state index in [0.717, 1.165) is 18.5 Å². The predicted octanol–water partition coefficient (Wildman–Crippen LogP) is 3.00. The number of primary amides is 1. The summed E-state index contributed by atoms with van der Waals surface area (Å²) < 4.78 is 5.41. The van der Waals surface area contributed by atoms with Crippen molar-refractivity contribution in [2.45, 2.75) is 31.6 Å². The van der Waals surface area contributed by atoms with Crippen LogP contribution in [-0.2, 0) is 16.0 Å². The lowest BCUT2D eigenvalue weighted by atomic mass is 9.97. The molecule has 0 spiro atoms. The van der Waals surface area contributed by atoms with E-state index in [-0.39, 0.29) is 18.9 Å². The van der Waals surface area contributed by atoms with Gasteiger partial charge in [-0.15, -0.1) is 0 Å². The molecule has 5 nitrogen and oxygen atoms in total. The Morgan fingerprint density at radius 1 is 1.12 bits per heavy atom. The Hall–Kier alpha value is -2.82.